The molecule has 2 fully saturated rings. The molecular formula is C13H22N2. The summed E-state index contributed by atoms with van der Waals surface area (Å²) < 4.78 is 0. The van der Waals surface area contributed by atoms with Gasteiger partial charge in [0.1, 0.15) is 0 Å². The molecule has 2 atom stereocenters. The number of hydrogen-bond donors (Lipinski definition) is 1. The second-order valence-corrected chi connectivity index (χ2v) is 4.84. The van der Waals surface area contributed by atoms with E-state index in [0.717, 1.165) is 31.5 Å². The van der Waals surface area contributed by atoms with Crippen LogP contribution in [0.2, 0.25) is 0 Å². The predicted molar refractivity (Wildman–Crippen MR) is 64.6 cm³/mol. The van der Waals surface area contributed by atoms with E-state index in [1.807, 2.05) is 0 Å². The monoisotopic (exact) mass is 206 g/mol. The molecule has 1 aliphatic heterocycles. The van der Waals surface area contributed by atoms with Gasteiger partial charge in [-0.2, -0.15) is 0 Å². The molecule has 0 aromatic rings. The molecule has 1 saturated heterocycles. The molecular weight excluding hydrogens is 184 g/mol. The Morgan fingerprint density at radius 1 is 1.33 bits per heavy atom. The van der Waals surface area contributed by atoms with Gasteiger partial charge in [0.15, 0.2) is 0 Å². The first kappa shape index (κ1) is 10.9. The molecule has 1 saturated carbocycles. The van der Waals surface area contributed by atoms with Crippen LogP contribution < -0.4 is 5.73 Å². The zero-order chi connectivity index (χ0) is 10.9. The van der Waals surface area contributed by atoms with E-state index < -0.39 is 0 Å². The van der Waals surface area contributed by atoms with E-state index in [-0.39, 0.29) is 0 Å². The molecule has 0 radical (unpaired) electrons. The van der Waals surface area contributed by atoms with E-state index in [0.29, 0.717) is 5.41 Å². The Labute approximate surface area is 92.8 Å². The van der Waals surface area contributed by atoms with Gasteiger partial charge in [-0.05, 0) is 26.3 Å². The first-order chi connectivity index (χ1) is 7.25. The van der Waals surface area contributed by atoms with Crippen molar-refractivity contribution in [1.29, 1.82) is 0 Å². The van der Waals surface area contributed by atoms with Crippen LogP contribution in [-0.2, 0) is 0 Å². The zero-order valence-corrected chi connectivity index (χ0v) is 9.82. The number of nitrogens with zero attached hydrogens (tertiary/aromatic N) is 1. The Balaban J connectivity index is 1.68. The summed E-state index contributed by atoms with van der Waals surface area (Å²) >= 11 is 0. The summed E-state index contributed by atoms with van der Waals surface area (Å²) in [6.07, 6.45) is 11.2. The van der Waals surface area contributed by atoms with Gasteiger partial charge in [-0.25, -0.2) is 0 Å². The van der Waals surface area contributed by atoms with Gasteiger partial charge in [0.25, 0.3) is 0 Å². The first-order valence-corrected chi connectivity index (χ1v) is 6.00. The van der Waals surface area contributed by atoms with Crippen molar-refractivity contribution in [2.75, 3.05) is 13.1 Å². The van der Waals surface area contributed by atoms with Crippen molar-refractivity contribution < 1.29 is 0 Å². The van der Waals surface area contributed by atoms with Crippen molar-refractivity contribution in [3.05, 3.63) is 24.3 Å². The summed E-state index contributed by atoms with van der Waals surface area (Å²) in [5.74, 6) is 0. The van der Waals surface area contributed by atoms with Gasteiger partial charge in [0, 0.05) is 24.0 Å². The zero-order valence-electron chi connectivity index (χ0n) is 9.82. The third-order valence-electron chi connectivity index (χ3n) is 3.69. The van der Waals surface area contributed by atoms with Gasteiger partial charge in [-0.3, -0.25) is 4.90 Å². The van der Waals surface area contributed by atoms with E-state index >= 15 is 0 Å². The number of rotatable bonds is 6. The van der Waals surface area contributed by atoms with Crippen molar-refractivity contribution in [1.82, 2.24) is 4.90 Å². The van der Waals surface area contributed by atoms with Crippen LogP contribution in [0.3, 0.4) is 0 Å². The molecule has 84 valence electrons. The van der Waals surface area contributed by atoms with Crippen molar-refractivity contribution in [2.24, 2.45) is 11.1 Å². The van der Waals surface area contributed by atoms with Crippen LogP contribution >= 0.6 is 0 Å². The molecule has 0 amide bonds. The second kappa shape index (κ2) is 4.11. The third kappa shape index (κ3) is 1.88. The second-order valence-electron chi connectivity index (χ2n) is 4.84. The third-order valence-corrected chi connectivity index (χ3v) is 3.69. The standard InChI is InChI=1S/C13H22N2/c1-3-4-5-6-8-13(2)11-12(13)15(11)10-7-9-14/h3-4,6,8,11-12H,5,7,9-10,14H2,1-2H3/b4-3+,8-6-. The van der Waals surface area contributed by atoms with Crippen LogP contribution in [0.25, 0.3) is 0 Å². The van der Waals surface area contributed by atoms with Gasteiger partial charge < -0.3 is 5.73 Å². The van der Waals surface area contributed by atoms with Gasteiger partial charge in [0.05, 0.1) is 0 Å². The molecule has 2 N–H and O–H groups in total. The topological polar surface area (TPSA) is 29.0 Å². The summed E-state index contributed by atoms with van der Waals surface area (Å²) in [7, 11) is 0. The Morgan fingerprint density at radius 2 is 2.07 bits per heavy atom. The smallest absolute Gasteiger partial charge is 0.0368 e. The fourth-order valence-corrected chi connectivity index (χ4v) is 2.68. The van der Waals surface area contributed by atoms with Crippen LogP contribution in [0.15, 0.2) is 24.3 Å². The van der Waals surface area contributed by atoms with Crippen LogP contribution in [0.4, 0.5) is 0 Å². The lowest BCUT2D eigenvalue weighted by atomic mass is 10.0. The van der Waals surface area contributed by atoms with Crippen LogP contribution in [-0.4, -0.2) is 30.1 Å². The van der Waals surface area contributed by atoms with Crippen LogP contribution in [0.5, 0.6) is 0 Å². The fraction of sp³-hybridized carbons (Fsp3) is 0.692. The molecule has 0 spiro atoms. The highest BCUT2D eigenvalue weighted by molar-refractivity contribution is 5.40. The summed E-state index contributed by atoms with van der Waals surface area (Å²) in [4.78, 5) is 2.56. The van der Waals surface area contributed by atoms with Gasteiger partial charge in [-0.1, -0.05) is 31.2 Å². The first-order valence-electron chi connectivity index (χ1n) is 6.00. The molecule has 1 heterocycles. The number of allylic oxidation sites excluding steroid dienone is 3. The number of fused-ring (bicyclic) bond motifs is 1. The summed E-state index contributed by atoms with van der Waals surface area (Å²) in [5.41, 5.74) is 5.99. The average Bonchev–Trinajstić information content (AvgIpc) is 3.10. The Hall–Kier alpha value is -0.600. The number of hydrogen-bond acceptors (Lipinski definition) is 2. The fourth-order valence-electron chi connectivity index (χ4n) is 2.68. The quantitative estimate of drug-likeness (QED) is 0.531. The van der Waals surface area contributed by atoms with Gasteiger partial charge >= 0.3 is 0 Å². The minimum absolute atomic E-state index is 0.496. The van der Waals surface area contributed by atoms with Crippen LogP contribution in [0, 0.1) is 5.41 Å². The van der Waals surface area contributed by atoms with E-state index in [9.17, 15) is 0 Å². The molecule has 0 aromatic carbocycles. The predicted octanol–water partition coefficient (Wildman–Crippen LogP) is 1.93. The Bertz CT molecular complexity index is 270. The highest BCUT2D eigenvalue weighted by atomic mass is 15.5. The van der Waals surface area contributed by atoms with E-state index in [1.54, 1.807) is 0 Å². The summed E-state index contributed by atoms with van der Waals surface area (Å²) in [6.45, 7) is 6.46. The van der Waals surface area contributed by atoms with Gasteiger partial charge in [0.2, 0.25) is 0 Å². The van der Waals surface area contributed by atoms with Crippen LogP contribution in [0.1, 0.15) is 26.7 Å². The lowest BCUT2D eigenvalue weighted by molar-refractivity contribution is 0.292. The minimum Gasteiger partial charge on any atom is -0.330 e. The molecule has 2 heteroatoms. The Morgan fingerprint density at radius 3 is 2.67 bits per heavy atom. The lowest BCUT2D eigenvalue weighted by Gasteiger charge is -2.20. The molecule has 2 unspecified atom stereocenters. The average molecular weight is 206 g/mol. The normalized spacial score (nSPS) is 42.5. The molecule has 2 nitrogen and oxygen atoms in total. The van der Waals surface area contributed by atoms with Crippen molar-refractivity contribution in [3.8, 4) is 0 Å². The van der Waals surface area contributed by atoms with E-state index in [2.05, 4.69) is 43.1 Å². The highest BCUT2D eigenvalue weighted by Crippen LogP contribution is 2.67. The number of likely N-dealkylation sites (tertiary alicyclic amines) is 1. The maximum absolute atomic E-state index is 5.50. The van der Waals surface area contributed by atoms with Gasteiger partial charge in [-0.15, -0.1) is 0 Å². The molecule has 1 aliphatic carbocycles. The summed E-state index contributed by atoms with van der Waals surface area (Å²) in [6, 6.07) is 1.68. The largest absolute Gasteiger partial charge is 0.330 e. The molecule has 2 aliphatic rings. The van der Waals surface area contributed by atoms with Crippen molar-refractivity contribution >= 4 is 0 Å². The molecule has 0 aromatic heterocycles. The van der Waals surface area contributed by atoms with Crippen molar-refractivity contribution in [3.63, 3.8) is 0 Å². The summed E-state index contributed by atoms with van der Waals surface area (Å²) in [5, 5.41) is 0. The number of nitrogens with two attached hydrogens (primary N) is 1. The molecule has 15 heavy (non-hydrogen) atoms. The molecule has 2 rings (SSSR count). The van der Waals surface area contributed by atoms with E-state index in [4.69, 9.17) is 5.73 Å². The lowest BCUT2D eigenvalue weighted by Crippen LogP contribution is -2.26. The highest BCUT2D eigenvalue weighted by Gasteiger charge is 2.78. The SMILES string of the molecule is C/C=C/C/C=C\C1(C)C2C1N2CCCN. The Kier molecular flexibility index (Phi) is 2.98. The van der Waals surface area contributed by atoms with Crippen molar-refractivity contribution in [2.45, 2.75) is 38.8 Å². The minimum atomic E-state index is 0.496. The maximum Gasteiger partial charge on any atom is 0.0368 e. The molecule has 0 bridgehead atoms. The maximum atomic E-state index is 5.50. The van der Waals surface area contributed by atoms with E-state index in [1.165, 1.54) is 6.54 Å².